The summed E-state index contributed by atoms with van der Waals surface area (Å²) >= 11 is 0. The Balaban J connectivity index is 1.66. The Morgan fingerprint density at radius 2 is 1.84 bits per heavy atom. The van der Waals surface area contributed by atoms with E-state index in [2.05, 4.69) is 44.9 Å². The highest BCUT2D eigenvalue weighted by Gasteiger charge is 2.04. The van der Waals surface area contributed by atoms with Gasteiger partial charge in [0.25, 0.3) is 0 Å². The van der Waals surface area contributed by atoms with Crippen molar-refractivity contribution < 1.29 is 4.74 Å². The van der Waals surface area contributed by atoms with Gasteiger partial charge in [-0.3, -0.25) is 0 Å². The van der Waals surface area contributed by atoms with Gasteiger partial charge in [0.1, 0.15) is 5.75 Å². The fourth-order valence-electron chi connectivity index (χ4n) is 2.43. The van der Waals surface area contributed by atoms with Crippen molar-refractivity contribution in [3.05, 3.63) is 65.9 Å². The molecule has 3 rings (SSSR count). The normalized spacial score (nSPS) is 10.3. The van der Waals surface area contributed by atoms with Crippen LogP contribution >= 0.6 is 0 Å². The van der Waals surface area contributed by atoms with Gasteiger partial charge in [-0.2, -0.15) is 10.1 Å². The number of methoxy groups -OCH3 is 1. The van der Waals surface area contributed by atoms with Crippen molar-refractivity contribution in [2.75, 3.05) is 17.7 Å². The van der Waals surface area contributed by atoms with E-state index in [1.165, 1.54) is 5.56 Å². The molecule has 6 nitrogen and oxygen atoms in total. The number of hydrogen-bond donors (Lipinski definition) is 2. The Bertz CT molecular complexity index is 820. The SMILES string of the molecule is CCc1ccc(Nc2nncc(NCc3ccccc3OC)n2)cc1. The third-order valence-electron chi connectivity index (χ3n) is 3.83. The highest BCUT2D eigenvalue weighted by molar-refractivity contribution is 5.54. The topological polar surface area (TPSA) is 72.0 Å². The quantitative estimate of drug-likeness (QED) is 0.684. The molecule has 25 heavy (non-hydrogen) atoms. The zero-order valence-corrected chi connectivity index (χ0v) is 14.4. The van der Waals surface area contributed by atoms with Crippen LogP contribution in [-0.2, 0) is 13.0 Å². The molecule has 0 unspecified atom stereocenters. The summed E-state index contributed by atoms with van der Waals surface area (Å²) in [6.45, 7) is 2.72. The van der Waals surface area contributed by atoms with Gasteiger partial charge in [-0.15, -0.1) is 5.10 Å². The first kappa shape index (κ1) is 16.7. The lowest BCUT2D eigenvalue weighted by Gasteiger charge is -2.10. The maximum Gasteiger partial charge on any atom is 0.249 e. The first-order valence-corrected chi connectivity index (χ1v) is 8.20. The van der Waals surface area contributed by atoms with Gasteiger partial charge in [-0.1, -0.05) is 37.3 Å². The maximum absolute atomic E-state index is 5.35. The molecule has 3 aromatic rings. The highest BCUT2D eigenvalue weighted by Crippen LogP contribution is 2.19. The molecular weight excluding hydrogens is 314 g/mol. The molecule has 0 amide bonds. The Morgan fingerprint density at radius 3 is 2.60 bits per heavy atom. The summed E-state index contributed by atoms with van der Waals surface area (Å²) in [5.41, 5.74) is 3.27. The first-order chi connectivity index (χ1) is 12.3. The van der Waals surface area contributed by atoms with Crippen LogP contribution < -0.4 is 15.4 Å². The Labute approximate surface area is 147 Å². The van der Waals surface area contributed by atoms with Crippen LogP contribution in [0.15, 0.2) is 54.7 Å². The number of hydrogen-bond acceptors (Lipinski definition) is 6. The first-order valence-electron chi connectivity index (χ1n) is 8.20. The minimum absolute atomic E-state index is 0.453. The average molecular weight is 335 g/mol. The molecule has 0 aliphatic heterocycles. The molecule has 2 N–H and O–H groups in total. The van der Waals surface area contributed by atoms with E-state index in [1.54, 1.807) is 13.3 Å². The predicted octanol–water partition coefficient (Wildman–Crippen LogP) is 3.80. The third kappa shape index (κ3) is 4.44. The average Bonchev–Trinajstić information content (AvgIpc) is 2.67. The zero-order chi connectivity index (χ0) is 17.5. The molecule has 0 atom stereocenters. The van der Waals surface area contributed by atoms with E-state index >= 15 is 0 Å². The number of rotatable bonds is 7. The molecule has 6 heteroatoms. The molecule has 0 spiro atoms. The van der Waals surface area contributed by atoms with Gasteiger partial charge in [0, 0.05) is 17.8 Å². The van der Waals surface area contributed by atoms with Crippen molar-refractivity contribution >= 4 is 17.5 Å². The number of para-hydroxylation sites is 1. The summed E-state index contributed by atoms with van der Waals surface area (Å²) in [5.74, 6) is 1.94. The third-order valence-corrected chi connectivity index (χ3v) is 3.83. The van der Waals surface area contributed by atoms with E-state index in [0.717, 1.165) is 23.4 Å². The standard InChI is InChI=1S/C19H21N5O/c1-3-14-8-10-16(11-9-14)22-19-23-18(13-21-24-19)20-12-15-6-4-5-7-17(15)25-2/h4-11,13H,3,12H2,1-2H3,(H2,20,22,23,24). The van der Waals surface area contributed by atoms with E-state index in [-0.39, 0.29) is 0 Å². The van der Waals surface area contributed by atoms with E-state index in [4.69, 9.17) is 4.74 Å². The van der Waals surface area contributed by atoms with Gasteiger partial charge in [-0.05, 0) is 30.2 Å². The fourth-order valence-corrected chi connectivity index (χ4v) is 2.43. The van der Waals surface area contributed by atoms with Crippen molar-refractivity contribution in [3.8, 4) is 5.75 Å². The Morgan fingerprint density at radius 1 is 1.04 bits per heavy atom. The van der Waals surface area contributed by atoms with Crippen LogP contribution in [-0.4, -0.2) is 22.3 Å². The second-order valence-electron chi connectivity index (χ2n) is 5.51. The van der Waals surface area contributed by atoms with E-state index < -0.39 is 0 Å². The number of anilines is 3. The van der Waals surface area contributed by atoms with E-state index in [0.29, 0.717) is 18.3 Å². The smallest absolute Gasteiger partial charge is 0.249 e. The number of aromatic nitrogens is 3. The molecule has 0 saturated heterocycles. The maximum atomic E-state index is 5.35. The molecule has 2 aromatic carbocycles. The molecular formula is C19H21N5O. The largest absolute Gasteiger partial charge is 0.496 e. The molecule has 1 heterocycles. The van der Waals surface area contributed by atoms with Crippen LogP contribution in [0, 0.1) is 0 Å². The number of nitrogens with one attached hydrogen (secondary N) is 2. The van der Waals surface area contributed by atoms with Gasteiger partial charge >= 0.3 is 0 Å². The van der Waals surface area contributed by atoms with Crippen LogP contribution in [0.1, 0.15) is 18.1 Å². The molecule has 0 bridgehead atoms. The molecule has 128 valence electrons. The lowest BCUT2D eigenvalue weighted by atomic mass is 10.1. The Hall–Kier alpha value is -3.15. The highest BCUT2D eigenvalue weighted by atomic mass is 16.5. The molecule has 0 fully saturated rings. The lowest BCUT2D eigenvalue weighted by Crippen LogP contribution is -2.06. The van der Waals surface area contributed by atoms with Crippen LogP contribution in [0.25, 0.3) is 0 Å². The molecule has 0 saturated carbocycles. The van der Waals surface area contributed by atoms with Gasteiger partial charge in [0.15, 0.2) is 5.82 Å². The van der Waals surface area contributed by atoms with Gasteiger partial charge in [-0.25, -0.2) is 0 Å². The number of aryl methyl sites for hydroxylation is 1. The molecule has 0 radical (unpaired) electrons. The Kier molecular flexibility index (Phi) is 5.41. The van der Waals surface area contributed by atoms with Crippen molar-refractivity contribution in [3.63, 3.8) is 0 Å². The van der Waals surface area contributed by atoms with Gasteiger partial charge in [0.05, 0.1) is 13.3 Å². The van der Waals surface area contributed by atoms with Crippen LogP contribution in [0.4, 0.5) is 17.5 Å². The fraction of sp³-hybridized carbons (Fsp3) is 0.211. The summed E-state index contributed by atoms with van der Waals surface area (Å²) in [5, 5.41) is 14.4. The van der Waals surface area contributed by atoms with E-state index in [1.807, 2.05) is 36.4 Å². The van der Waals surface area contributed by atoms with Crippen molar-refractivity contribution in [2.45, 2.75) is 19.9 Å². The number of benzene rings is 2. The predicted molar refractivity (Wildman–Crippen MR) is 99.3 cm³/mol. The van der Waals surface area contributed by atoms with E-state index in [9.17, 15) is 0 Å². The lowest BCUT2D eigenvalue weighted by molar-refractivity contribution is 0.410. The number of ether oxygens (including phenoxy) is 1. The van der Waals surface area contributed by atoms with Crippen LogP contribution in [0.5, 0.6) is 5.75 Å². The molecule has 0 aliphatic rings. The van der Waals surface area contributed by atoms with Gasteiger partial charge in [0.2, 0.25) is 5.95 Å². The molecule has 1 aromatic heterocycles. The monoisotopic (exact) mass is 335 g/mol. The zero-order valence-electron chi connectivity index (χ0n) is 14.4. The van der Waals surface area contributed by atoms with Crippen LogP contribution in [0.2, 0.25) is 0 Å². The summed E-state index contributed by atoms with van der Waals surface area (Å²) in [7, 11) is 1.66. The number of nitrogens with zero attached hydrogens (tertiary/aromatic N) is 3. The summed E-state index contributed by atoms with van der Waals surface area (Å²) in [4.78, 5) is 4.44. The summed E-state index contributed by atoms with van der Waals surface area (Å²) < 4.78 is 5.35. The van der Waals surface area contributed by atoms with Gasteiger partial charge < -0.3 is 15.4 Å². The van der Waals surface area contributed by atoms with Crippen LogP contribution in [0.3, 0.4) is 0 Å². The van der Waals surface area contributed by atoms with Crippen molar-refractivity contribution in [2.24, 2.45) is 0 Å². The molecule has 0 aliphatic carbocycles. The minimum Gasteiger partial charge on any atom is -0.496 e. The van der Waals surface area contributed by atoms with Crippen molar-refractivity contribution in [1.82, 2.24) is 15.2 Å². The second-order valence-corrected chi connectivity index (χ2v) is 5.51. The summed E-state index contributed by atoms with van der Waals surface area (Å²) in [6, 6.07) is 16.1. The van der Waals surface area contributed by atoms with Crippen molar-refractivity contribution in [1.29, 1.82) is 0 Å². The minimum atomic E-state index is 0.453. The summed E-state index contributed by atoms with van der Waals surface area (Å²) in [6.07, 6.45) is 2.61. The second kappa shape index (κ2) is 8.10.